The molecule has 0 aliphatic rings. The zero-order valence-corrected chi connectivity index (χ0v) is 65.1. The first kappa shape index (κ1) is 86.3. The Balaban J connectivity index is 0.000000604. The van der Waals surface area contributed by atoms with E-state index in [1.807, 2.05) is 171 Å². The number of hydrogen-bond acceptors (Lipinski definition) is 15. The van der Waals surface area contributed by atoms with Crippen molar-refractivity contribution in [2.75, 3.05) is 11.9 Å². The second-order valence-corrected chi connectivity index (χ2v) is 24.5. The maximum Gasteiger partial charge on any atom is 0.408 e. The van der Waals surface area contributed by atoms with Crippen molar-refractivity contribution in [3.05, 3.63) is 248 Å². The summed E-state index contributed by atoms with van der Waals surface area (Å²) in [6.45, 7) is 7.42. The molecule has 0 unspecified atom stereocenters. The number of amides is 3. The van der Waals surface area contributed by atoms with Gasteiger partial charge in [0.2, 0.25) is 0 Å². The van der Waals surface area contributed by atoms with E-state index in [1.54, 1.807) is 37.4 Å². The van der Waals surface area contributed by atoms with Gasteiger partial charge in [-0.2, -0.15) is 0 Å². The summed E-state index contributed by atoms with van der Waals surface area (Å²) in [6.07, 6.45) is -0.171. The van der Waals surface area contributed by atoms with Gasteiger partial charge in [0, 0.05) is 66.2 Å². The number of Topliss-reactive ketones (excluding diaryl/α,β-unsaturated/α-hetero) is 3. The van der Waals surface area contributed by atoms with Crippen molar-refractivity contribution in [1.29, 1.82) is 0 Å². The van der Waals surface area contributed by atoms with Crippen LogP contribution in [-0.2, 0) is 53.2 Å². The third kappa shape index (κ3) is 38.6. The first-order valence-corrected chi connectivity index (χ1v) is 36.8. The second-order valence-electron chi connectivity index (χ2n) is 19.0. The number of carbonyl (C=O) groups is 9. The lowest BCUT2D eigenvalue weighted by Crippen LogP contribution is -2.40. The molecule has 3 amide bonds. The van der Waals surface area contributed by atoms with Gasteiger partial charge in [0.15, 0.2) is 24.0 Å². The molecule has 28 heteroatoms. The van der Waals surface area contributed by atoms with Crippen molar-refractivity contribution in [2.24, 2.45) is 0 Å². The minimum Gasteiger partial charge on any atom is -0.481 e. The number of aromatic nitrogens is 2. The largest absolute Gasteiger partial charge is 0.481 e. The maximum atomic E-state index is 12.0. The van der Waals surface area contributed by atoms with Crippen molar-refractivity contribution in [1.82, 2.24) is 32.1 Å². The number of carboxylic acids is 2. The lowest BCUT2D eigenvalue weighted by atomic mass is 10.1. The highest BCUT2D eigenvalue weighted by Crippen LogP contribution is 2.21. The minimum atomic E-state index is -1.10. The third-order valence-electron chi connectivity index (χ3n) is 11.6. The molecule has 95 heavy (non-hydrogen) atoms. The number of aliphatic carboxylic acids is 2. The van der Waals surface area contributed by atoms with Crippen LogP contribution in [0.15, 0.2) is 194 Å². The summed E-state index contributed by atoms with van der Waals surface area (Å²) < 4.78 is 24.5. The summed E-state index contributed by atoms with van der Waals surface area (Å²) in [7, 11) is 0. The number of nitrogens with one attached hydrogen (secondary N) is 4. The van der Waals surface area contributed by atoms with Crippen molar-refractivity contribution in [2.45, 2.75) is 72.6 Å². The number of rotatable bonds is 19. The minimum absolute atomic E-state index is 0. The number of carboxylic acid groups (broad SMARTS) is 2. The van der Waals surface area contributed by atoms with E-state index in [0.29, 0.717) is 16.7 Å². The number of alkyl halides is 1. The standard InChI is InChI=1S/C19H18IN3O2.C19H18INO5.C11H13NO4.C8H6BrIO.C8H7IO.C2H4O2.Br2.H3N/c1-13(22-19(24)25-12-14-5-3-2-4-6-14)18-21-11-17(23-18)15-7-9-16(20)10-8-15;1-13(21-19(24)26-11-14-5-3-2-4-6-14)18(23)25-12-17(22)15-7-9-16(20)10-8-15;1-8(10(13)14)12-11(15)16-7-9-5-3-2-4-6-9;9-5-8(11)6-1-3-7(10)4-2-6;1-6(10)7-2-4-8(9)5-3-7;1-2(3)4;1-2;/h2-11,13H,12H2,1H3,(H,21,23)(H,22,24);2-10,13H,11-12H2,1H3,(H,21,24);2-6,8H,7H2,1H3,(H,12,15)(H,13,14);1-4H,5H2;2-5H,1H3;1H3,(H,3,4);;1H3/t2*13-;8-;;;;;/m000...../s1. The number of imidazole rings is 1. The molecule has 0 saturated heterocycles. The van der Waals surface area contributed by atoms with Gasteiger partial charge in [-0.15, -0.1) is 0 Å². The van der Waals surface area contributed by atoms with Gasteiger partial charge in [0.25, 0.3) is 5.97 Å². The number of nitrogens with zero attached hydrogens (tertiary/aromatic N) is 1. The van der Waals surface area contributed by atoms with Crippen molar-refractivity contribution in [3.63, 3.8) is 0 Å². The number of carbonyl (C=O) groups excluding carboxylic acids is 7. The summed E-state index contributed by atoms with van der Waals surface area (Å²) in [5, 5.41) is 23.7. The van der Waals surface area contributed by atoms with E-state index in [-0.39, 0.29) is 56.0 Å². The van der Waals surface area contributed by atoms with Crippen molar-refractivity contribution >= 4 is 188 Å². The smallest absolute Gasteiger partial charge is 0.408 e. The molecule has 506 valence electrons. The number of alkyl carbamates (subject to hydrolysis) is 3. The Bertz CT molecular complexity index is 3600. The van der Waals surface area contributed by atoms with E-state index in [4.69, 9.17) is 34.0 Å². The summed E-state index contributed by atoms with van der Waals surface area (Å²) in [5.41, 5.74) is 6.60. The Hall–Kier alpha value is -6.70. The highest BCUT2D eigenvalue weighted by Gasteiger charge is 2.20. The van der Waals surface area contributed by atoms with Gasteiger partial charge in [-0.05, 0) is 189 Å². The first-order chi connectivity index (χ1) is 44.8. The Labute approximate surface area is 629 Å². The first-order valence-electron chi connectivity index (χ1n) is 27.7. The number of halogens is 7. The number of H-pyrrole nitrogens is 1. The highest BCUT2D eigenvalue weighted by molar-refractivity contribution is 14.1. The molecule has 9 N–H and O–H groups in total. The number of hydrogen-bond donors (Lipinski definition) is 7. The van der Waals surface area contributed by atoms with Crippen molar-refractivity contribution in [3.8, 4) is 11.3 Å². The predicted octanol–water partition coefficient (Wildman–Crippen LogP) is 16.7. The van der Waals surface area contributed by atoms with Gasteiger partial charge in [0.05, 0.1) is 23.3 Å². The summed E-state index contributed by atoms with van der Waals surface area (Å²) in [5.74, 6) is -2.02. The molecule has 0 aliphatic carbocycles. The average Bonchev–Trinajstić information content (AvgIpc) is 3.58. The number of ketones is 3. The number of ether oxygens (including phenoxy) is 4. The van der Waals surface area contributed by atoms with Gasteiger partial charge < -0.3 is 56.2 Å². The molecule has 0 aliphatic heterocycles. The van der Waals surface area contributed by atoms with Crippen molar-refractivity contribution < 1.29 is 72.3 Å². The molecule has 0 spiro atoms. The van der Waals surface area contributed by atoms with Gasteiger partial charge in [-0.25, -0.2) is 24.2 Å². The summed E-state index contributed by atoms with van der Waals surface area (Å²) >= 11 is 17.4. The molecule has 3 atom stereocenters. The van der Waals surface area contributed by atoms with E-state index in [1.165, 1.54) is 17.4 Å². The molecule has 8 rings (SSSR count). The molecule has 1 aromatic heterocycles. The number of benzene rings is 7. The zero-order valence-electron chi connectivity index (χ0n) is 51.7. The quantitative estimate of drug-likeness (QED) is 0.0130. The van der Waals surface area contributed by atoms with Gasteiger partial charge in [-0.3, -0.25) is 24.0 Å². The molecule has 0 saturated carbocycles. The number of esters is 1. The van der Waals surface area contributed by atoms with Crippen LogP contribution in [0.2, 0.25) is 0 Å². The Morgan fingerprint density at radius 2 is 0.821 bits per heavy atom. The molecule has 21 nitrogen and oxygen atoms in total. The normalized spacial score (nSPS) is 10.6. The van der Waals surface area contributed by atoms with Crippen LogP contribution in [0.4, 0.5) is 14.4 Å². The van der Waals surface area contributed by atoms with E-state index < -0.39 is 48.3 Å². The molecule has 0 bridgehead atoms. The van der Waals surface area contributed by atoms with Crippen LogP contribution in [0.3, 0.4) is 0 Å². The number of aromatic amines is 1. The Morgan fingerprint density at radius 3 is 1.18 bits per heavy atom. The van der Waals surface area contributed by atoms with E-state index in [9.17, 15) is 38.4 Å². The van der Waals surface area contributed by atoms with E-state index >= 15 is 0 Å². The lowest BCUT2D eigenvalue weighted by molar-refractivity contribution is -0.144. The fourth-order valence-electron chi connectivity index (χ4n) is 6.72. The lowest BCUT2D eigenvalue weighted by Gasteiger charge is -2.13. The van der Waals surface area contributed by atoms with Crippen LogP contribution in [0.25, 0.3) is 11.3 Å². The van der Waals surface area contributed by atoms with Gasteiger partial charge >= 0.3 is 30.2 Å². The van der Waals surface area contributed by atoms with E-state index in [2.05, 4.69) is 160 Å². The molecule has 0 radical (unpaired) electrons. The monoisotopic (exact) mass is 1940 g/mol. The molecule has 8 aromatic rings. The fourth-order valence-corrected chi connectivity index (χ4v) is 8.49. The molecule has 7 aromatic carbocycles. The second kappa shape index (κ2) is 49.8. The Kier molecular flexibility index (Phi) is 45.2. The van der Waals surface area contributed by atoms with Crippen LogP contribution < -0.4 is 22.1 Å². The van der Waals surface area contributed by atoms with Crippen LogP contribution in [0.1, 0.15) is 94.2 Å². The molecular formula is C67H69Br3I4N6O15. The van der Waals surface area contributed by atoms with Crippen LogP contribution in [0.5, 0.6) is 0 Å². The zero-order chi connectivity index (χ0) is 70.0. The molecule has 0 fully saturated rings. The summed E-state index contributed by atoms with van der Waals surface area (Å²) in [6, 6.07) is 55.9. The summed E-state index contributed by atoms with van der Waals surface area (Å²) in [4.78, 5) is 108. The predicted molar refractivity (Wildman–Crippen MR) is 408 cm³/mol. The third-order valence-corrected chi connectivity index (χ3v) is 15.0. The Morgan fingerprint density at radius 1 is 0.484 bits per heavy atom. The average molecular weight is 1950 g/mol. The van der Waals surface area contributed by atoms with Crippen LogP contribution >= 0.6 is 135 Å². The van der Waals surface area contributed by atoms with Gasteiger partial charge in [0.1, 0.15) is 37.7 Å². The molecule has 1 heterocycles. The maximum absolute atomic E-state index is 12.0. The fraction of sp³-hybridized carbons (Fsp3) is 0.194. The van der Waals surface area contributed by atoms with Gasteiger partial charge in [-0.1, -0.05) is 155 Å². The van der Waals surface area contributed by atoms with E-state index in [0.717, 1.165) is 56.7 Å². The highest BCUT2D eigenvalue weighted by atomic mass is 127. The van der Waals surface area contributed by atoms with Crippen LogP contribution in [-0.4, -0.2) is 97.7 Å². The SMILES string of the molecule is BrBr.CC(=O)O.CC(=O)c1ccc(I)cc1.C[C@H](NC(=O)OCc1ccccc1)C(=O)O.C[C@H](NC(=O)OCc1ccccc1)C(=O)OCC(=O)c1ccc(I)cc1.C[C@H](NC(=O)OCc1ccccc1)c1ncc(-c2ccc(I)cc2)[nH]1.N.O=C(CBr)c1ccc(I)cc1. The topological polar surface area (TPSA) is 331 Å². The van der Waals surface area contributed by atoms with Crippen LogP contribution in [0, 0.1) is 14.3 Å². The molecular weight excluding hydrogens is 1880 g/mol.